The molecule has 0 saturated heterocycles. The Morgan fingerprint density at radius 1 is 1.55 bits per heavy atom. The molecule has 2 nitrogen and oxygen atoms in total. The summed E-state index contributed by atoms with van der Waals surface area (Å²) in [6, 6.07) is 1.96. The fourth-order valence-corrected chi connectivity index (χ4v) is 1.24. The van der Waals surface area contributed by atoms with E-state index >= 15 is 0 Å². The van der Waals surface area contributed by atoms with E-state index in [1.165, 1.54) is 12.8 Å². The Labute approximate surface area is 79.1 Å². The lowest BCUT2D eigenvalue weighted by atomic mass is 10.5. The molecule has 1 saturated carbocycles. The average Bonchev–Trinajstić information content (AvgIpc) is 2.78. The van der Waals surface area contributed by atoms with Crippen molar-refractivity contribution in [2.45, 2.75) is 18.9 Å². The van der Waals surface area contributed by atoms with Gasteiger partial charge >= 0.3 is 0 Å². The van der Waals surface area contributed by atoms with E-state index in [-0.39, 0.29) is 0 Å². The molecule has 0 aromatic carbocycles. The highest BCUT2D eigenvalue weighted by molar-refractivity contribution is 14.1. The first-order chi connectivity index (χ1) is 5.36. The second-order valence-corrected chi connectivity index (χ2v) is 3.79. The monoisotopic (exact) mass is 261 g/mol. The number of ether oxygens (including phenoxy) is 1. The molecule has 3 heteroatoms. The first-order valence-electron chi connectivity index (χ1n) is 3.62. The molecule has 11 heavy (non-hydrogen) atoms. The topological polar surface area (TPSA) is 22.1 Å². The van der Waals surface area contributed by atoms with Crippen molar-refractivity contribution in [1.29, 1.82) is 0 Å². The first-order valence-corrected chi connectivity index (χ1v) is 4.70. The van der Waals surface area contributed by atoms with Crippen molar-refractivity contribution in [2.75, 3.05) is 0 Å². The Bertz CT molecular complexity index is 260. The molecule has 1 aromatic rings. The molecular weight excluding hydrogens is 253 g/mol. The van der Waals surface area contributed by atoms with Gasteiger partial charge in [-0.05, 0) is 41.5 Å². The zero-order chi connectivity index (χ0) is 7.68. The summed E-state index contributed by atoms with van der Waals surface area (Å²) in [7, 11) is 0. The molecule has 0 spiro atoms. The van der Waals surface area contributed by atoms with Crippen LogP contribution in [0.1, 0.15) is 12.8 Å². The minimum atomic E-state index is 0.465. The normalized spacial score (nSPS) is 16.5. The lowest BCUT2D eigenvalue weighted by Gasteiger charge is -2.04. The van der Waals surface area contributed by atoms with Crippen molar-refractivity contribution in [3.05, 3.63) is 22.0 Å². The van der Waals surface area contributed by atoms with Gasteiger partial charge in [0.2, 0.25) is 0 Å². The third kappa shape index (κ3) is 1.83. The quantitative estimate of drug-likeness (QED) is 0.761. The highest BCUT2D eigenvalue weighted by atomic mass is 127. The van der Waals surface area contributed by atoms with Gasteiger partial charge in [0.1, 0.15) is 0 Å². The second-order valence-electron chi connectivity index (χ2n) is 2.62. The lowest BCUT2D eigenvalue weighted by molar-refractivity contribution is 0.300. The molecule has 1 aliphatic rings. The van der Waals surface area contributed by atoms with E-state index in [9.17, 15) is 0 Å². The van der Waals surface area contributed by atoms with Crippen LogP contribution in [0.3, 0.4) is 0 Å². The summed E-state index contributed by atoms with van der Waals surface area (Å²) in [5.41, 5.74) is 0. The predicted molar refractivity (Wildman–Crippen MR) is 50.6 cm³/mol. The van der Waals surface area contributed by atoms with Crippen molar-refractivity contribution >= 4 is 22.6 Å². The van der Waals surface area contributed by atoms with E-state index in [2.05, 4.69) is 27.6 Å². The van der Waals surface area contributed by atoms with Gasteiger partial charge in [-0.15, -0.1) is 0 Å². The number of aromatic nitrogens is 1. The van der Waals surface area contributed by atoms with Crippen LogP contribution < -0.4 is 4.74 Å². The highest BCUT2D eigenvalue weighted by Crippen LogP contribution is 2.28. The maximum atomic E-state index is 5.59. The summed E-state index contributed by atoms with van der Waals surface area (Å²) in [6.07, 6.45) is 6.42. The summed E-state index contributed by atoms with van der Waals surface area (Å²) in [5.74, 6) is 0.926. The van der Waals surface area contributed by atoms with Gasteiger partial charge in [-0.2, -0.15) is 0 Å². The van der Waals surface area contributed by atoms with Crippen LogP contribution in [-0.2, 0) is 0 Å². The van der Waals surface area contributed by atoms with Crippen molar-refractivity contribution < 1.29 is 4.74 Å². The van der Waals surface area contributed by atoms with Gasteiger partial charge in [0.25, 0.3) is 0 Å². The maximum Gasteiger partial charge on any atom is 0.151 e. The summed E-state index contributed by atoms with van der Waals surface area (Å²) < 4.78 is 6.73. The van der Waals surface area contributed by atoms with Crippen molar-refractivity contribution in [1.82, 2.24) is 4.98 Å². The Kier molecular flexibility index (Phi) is 1.98. The predicted octanol–water partition coefficient (Wildman–Crippen LogP) is 2.23. The fraction of sp³-hybridized carbons (Fsp3) is 0.375. The molecule has 0 unspecified atom stereocenters. The summed E-state index contributed by atoms with van der Waals surface area (Å²) >= 11 is 2.26. The van der Waals surface area contributed by atoms with Crippen molar-refractivity contribution in [2.24, 2.45) is 0 Å². The molecule has 0 N–H and O–H groups in total. The highest BCUT2D eigenvalue weighted by Gasteiger charge is 2.24. The molecule has 1 aromatic heterocycles. The first kappa shape index (κ1) is 7.34. The summed E-state index contributed by atoms with van der Waals surface area (Å²) in [4.78, 5) is 4.00. The van der Waals surface area contributed by atoms with Gasteiger partial charge in [-0.3, -0.25) is 4.98 Å². The van der Waals surface area contributed by atoms with Crippen LogP contribution in [0, 0.1) is 3.57 Å². The zero-order valence-electron chi connectivity index (χ0n) is 5.96. The molecule has 0 bridgehead atoms. The molecule has 0 amide bonds. The molecule has 0 atom stereocenters. The molecule has 0 aliphatic heterocycles. The van der Waals surface area contributed by atoms with Crippen LogP contribution in [0.2, 0.25) is 0 Å². The smallest absolute Gasteiger partial charge is 0.151 e. The standard InChI is InChI=1S/C8H8INO/c9-7-3-4-10-5-8(7)11-6-1-2-6/h3-6H,1-2H2. The summed E-state index contributed by atoms with van der Waals surface area (Å²) in [5, 5.41) is 0. The van der Waals surface area contributed by atoms with Crippen molar-refractivity contribution in [3.63, 3.8) is 0 Å². The van der Waals surface area contributed by atoms with Crippen LogP contribution in [-0.4, -0.2) is 11.1 Å². The van der Waals surface area contributed by atoms with Crippen LogP contribution in [0.5, 0.6) is 5.75 Å². The third-order valence-corrected chi connectivity index (χ3v) is 2.44. The largest absolute Gasteiger partial charge is 0.488 e. The van der Waals surface area contributed by atoms with Gasteiger partial charge in [-0.1, -0.05) is 0 Å². The Balaban J connectivity index is 2.15. The van der Waals surface area contributed by atoms with E-state index in [1.807, 2.05) is 6.07 Å². The van der Waals surface area contributed by atoms with E-state index in [0.717, 1.165) is 9.32 Å². The number of halogens is 1. The minimum absolute atomic E-state index is 0.465. The molecule has 0 radical (unpaired) electrons. The SMILES string of the molecule is Ic1ccncc1OC1CC1. The van der Waals surface area contributed by atoms with Crippen LogP contribution >= 0.6 is 22.6 Å². The Morgan fingerprint density at radius 3 is 3.00 bits per heavy atom. The maximum absolute atomic E-state index is 5.59. The second kappa shape index (κ2) is 2.97. The third-order valence-electron chi connectivity index (χ3n) is 1.55. The van der Waals surface area contributed by atoms with Gasteiger partial charge in [-0.25, -0.2) is 0 Å². The van der Waals surface area contributed by atoms with E-state index < -0.39 is 0 Å². The van der Waals surface area contributed by atoms with Gasteiger partial charge in [0.15, 0.2) is 5.75 Å². The molecular formula is C8H8INO. The molecule has 1 aliphatic carbocycles. The number of rotatable bonds is 2. The van der Waals surface area contributed by atoms with Gasteiger partial charge in [0, 0.05) is 6.20 Å². The number of nitrogens with zero attached hydrogens (tertiary/aromatic N) is 1. The molecule has 1 heterocycles. The number of hydrogen-bond donors (Lipinski definition) is 0. The number of hydrogen-bond acceptors (Lipinski definition) is 2. The lowest BCUT2D eigenvalue weighted by Crippen LogP contribution is -1.97. The van der Waals surface area contributed by atoms with Gasteiger partial charge < -0.3 is 4.74 Å². The molecule has 58 valence electrons. The van der Waals surface area contributed by atoms with E-state index in [1.54, 1.807) is 12.4 Å². The van der Waals surface area contributed by atoms with Crippen LogP contribution in [0.4, 0.5) is 0 Å². The number of pyridine rings is 1. The van der Waals surface area contributed by atoms with Gasteiger partial charge in [0.05, 0.1) is 15.9 Å². The van der Waals surface area contributed by atoms with E-state index in [4.69, 9.17) is 4.74 Å². The Morgan fingerprint density at radius 2 is 2.36 bits per heavy atom. The minimum Gasteiger partial charge on any atom is -0.488 e. The van der Waals surface area contributed by atoms with Crippen LogP contribution in [0.15, 0.2) is 18.5 Å². The van der Waals surface area contributed by atoms with Crippen LogP contribution in [0.25, 0.3) is 0 Å². The van der Waals surface area contributed by atoms with E-state index in [0.29, 0.717) is 6.10 Å². The molecule has 1 fully saturated rings. The molecule has 2 rings (SSSR count). The fourth-order valence-electron chi connectivity index (χ4n) is 0.815. The Hall–Kier alpha value is -0.320. The zero-order valence-corrected chi connectivity index (χ0v) is 8.11. The summed E-state index contributed by atoms with van der Waals surface area (Å²) in [6.45, 7) is 0. The average molecular weight is 261 g/mol. The van der Waals surface area contributed by atoms with Crippen molar-refractivity contribution in [3.8, 4) is 5.75 Å².